The molecule has 1 amide bonds. The highest BCUT2D eigenvalue weighted by molar-refractivity contribution is 5.90. The summed E-state index contributed by atoms with van der Waals surface area (Å²) in [7, 11) is 0. The molecule has 29 heavy (non-hydrogen) atoms. The number of benzene rings is 2. The van der Waals surface area contributed by atoms with E-state index < -0.39 is 0 Å². The Hall–Kier alpha value is -3.21. The van der Waals surface area contributed by atoms with E-state index >= 15 is 0 Å². The molecule has 1 saturated carbocycles. The third kappa shape index (κ3) is 4.62. The van der Waals surface area contributed by atoms with Gasteiger partial charge in [0.1, 0.15) is 5.69 Å². The Balaban J connectivity index is 1.60. The highest BCUT2D eigenvalue weighted by atomic mass is 16.2. The molecule has 4 rings (SSSR count). The first kappa shape index (κ1) is 19.1. The van der Waals surface area contributed by atoms with Crippen molar-refractivity contribution in [2.45, 2.75) is 39.0 Å². The van der Waals surface area contributed by atoms with Crippen LogP contribution in [0.4, 0.5) is 0 Å². The monoisotopic (exact) mass is 386 g/mol. The molecule has 1 aliphatic carbocycles. The topological polar surface area (TPSA) is 59.3 Å². The van der Waals surface area contributed by atoms with Crippen LogP contribution < -0.4 is 5.43 Å². The number of para-hydroxylation sites is 1. The number of hydrogen-bond acceptors (Lipinski definition) is 3. The zero-order chi connectivity index (χ0) is 20.1. The molecule has 0 radical (unpaired) electrons. The summed E-state index contributed by atoms with van der Waals surface area (Å²) in [6.07, 6.45) is 9.05. The predicted molar refractivity (Wildman–Crippen MR) is 116 cm³/mol. The van der Waals surface area contributed by atoms with Crippen molar-refractivity contribution in [1.29, 1.82) is 0 Å². The standard InChI is InChI=1S/C24H26N4O/c1-18-9-8-12-20(15-18)23-21(17-28(27-23)22-13-6-3-7-14-22)16-25-26-24(29)19-10-4-2-5-11-19/h3,6-9,12-17,19H,2,4-5,10-11H2,1H3,(H,26,29)/b25-16-. The van der Waals surface area contributed by atoms with Crippen LogP contribution in [0.5, 0.6) is 0 Å². The second kappa shape index (κ2) is 8.86. The van der Waals surface area contributed by atoms with Crippen molar-refractivity contribution < 1.29 is 4.79 Å². The summed E-state index contributed by atoms with van der Waals surface area (Å²) in [6, 6.07) is 18.2. The van der Waals surface area contributed by atoms with Gasteiger partial charge in [-0.25, -0.2) is 10.1 Å². The molecule has 0 atom stereocenters. The maximum atomic E-state index is 12.4. The number of carbonyl (C=O) groups excluding carboxylic acids is 1. The molecule has 1 heterocycles. The Morgan fingerprint density at radius 3 is 2.66 bits per heavy atom. The summed E-state index contributed by atoms with van der Waals surface area (Å²) in [5.41, 5.74) is 7.62. The van der Waals surface area contributed by atoms with Crippen molar-refractivity contribution in [3.63, 3.8) is 0 Å². The van der Waals surface area contributed by atoms with E-state index in [0.717, 1.165) is 48.2 Å². The Morgan fingerprint density at radius 1 is 1.10 bits per heavy atom. The van der Waals surface area contributed by atoms with E-state index in [1.807, 2.05) is 53.3 Å². The average Bonchev–Trinajstić information content (AvgIpc) is 3.19. The molecule has 0 spiro atoms. The molecule has 5 nitrogen and oxygen atoms in total. The fraction of sp³-hybridized carbons (Fsp3) is 0.292. The zero-order valence-corrected chi connectivity index (χ0v) is 16.7. The summed E-state index contributed by atoms with van der Waals surface area (Å²) in [4.78, 5) is 12.4. The van der Waals surface area contributed by atoms with Crippen LogP contribution in [0.15, 0.2) is 65.9 Å². The number of aryl methyl sites for hydroxylation is 1. The zero-order valence-electron chi connectivity index (χ0n) is 16.7. The Kier molecular flexibility index (Phi) is 5.84. The molecule has 1 fully saturated rings. The molecule has 0 aliphatic heterocycles. The van der Waals surface area contributed by atoms with Gasteiger partial charge >= 0.3 is 0 Å². The van der Waals surface area contributed by atoms with Crippen molar-refractivity contribution in [1.82, 2.24) is 15.2 Å². The lowest BCUT2D eigenvalue weighted by atomic mass is 9.89. The van der Waals surface area contributed by atoms with E-state index in [0.29, 0.717) is 0 Å². The number of amides is 1. The molecular formula is C24H26N4O. The maximum Gasteiger partial charge on any atom is 0.243 e. The number of nitrogens with one attached hydrogen (secondary N) is 1. The summed E-state index contributed by atoms with van der Waals surface area (Å²) in [5.74, 6) is 0.109. The molecule has 0 bridgehead atoms. The van der Waals surface area contributed by atoms with Gasteiger partial charge in [0.25, 0.3) is 0 Å². The van der Waals surface area contributed by atoms with Crippen LogP contribution in [0.1, 0.15) is 43.2 Å². The van der Waals surface area contributed by atoms with Crippen LogP contribution in [0.25, 0.3) is 16.9 Å². The highest BCUT2D eigenvalue weighted by Gasteiger charge is 2.20. The van der Waals surface area contributed by atoms with Crippen LogP contribution in [0.2, 0.25) is 0 Å². The molecule has 1 aliphatic rings. The minimum Gasteiger partial charge on any atom is -0.273 e. The van der Waals surface area contributed by atoms with E-state index in [9.17, 15) is 4.79 Å². The predicted octanol–water partition coefficient (Wildman–Crippen LogP) is 4.88. The summed E-state index contributed by atoms with van der Waals surface area (Å²) in [6.45, 7) is 2.07. The first-order valence-electron chi connectivity index (χ1n) is 10.3. The molecule has 1 aromatic heterocycles. The van der Waals surface area contributed by atoms with Crippen molar-refractivity contribution in [2.75, 3.05) is 0 Å². The summed E-state index contributed by atoms with van der Waals surface area (Å²) in [5, 5.41) is 9.05. The first-order chi connectivity index (χ1) is 14.2. The Bertz CT molecular complexity index is 1000. The lowest BCUT2D eigenvalue weighted by molar-refractivity contribution is -0.125. The SMILES string of the molecule is Cc1cccc(-c2nn(-c3ccccc3)cc2/C=N\NC(=O)C2CCCCC2)c1. The molecule has 5 heteroatoms. The quantitative estimate of drug-likeness (QED) is 0.502. The highest BCUT2D eigenvalue weighted by Crippen LogP contribution is 2.25. The van der Waals surface area contributed by atoms with Crippen molar-refractivity contribution in [2.24, 2.45) is 11.0 Å². The van der Waals surface area contributed by atoms with Gasteiger partial charge in [-0.15, -0.1) is 0 Å². The van der Waals surface area contributed by atoms with Gasteiger partial charge in [0.15, 0.2) is 0 Å². The number of carbonyl (C=O) groups is 1. The van der Waals surface area contributed by atoms with E-state index in [1.54, 1.807) is 6.21 Å². The lowest BCUT2D eigenvalue weighted by Crippen LogP contribution is -2.28. The number of hydrazone groups is 1. The average molecular weight is 386 g/mol. The molecule has 1 N–H and O–H groups in total. The van der Waals surface area contributed by atoms with Crippen LogP contribution in [-0.2, 0) is 4.79 Å². The molecule has 0 saturated heterocycles. The van der Waals surface area contributed by atoms with Gasteiger partial charge in [-0.1, -0.05) is 61.2 Å². The normalized spacial score (nSPS) is 14.9. The smallest absolute Gasteiger partial charge is 0.243 e. The minimum absolute atomic E-state index is 0.0218. The van der Waals surface area contributed by atoms with E-state index in [2.05, 4.69) is 29.6 Å². The third-order valence-corrected chi connectivity index (χ3v) is 5.41. The van der Waals surface area contributed by atoms with Gasteiger partial charge < -0.3 is 0 Å². The first-order valence-corrected chi connectivity index (χ1v) is 10.3. The van der Waals surface area contributed by atoms with Crippen LogP contribution in [0.3, 0.4) is 0 Å². The maximum absolute atomic E-state index is 12.4. The van der Waals surface area contributed by atoms with Crippen LogP contribution in [0, 0.1) is 12.8 Å². The Morgan fingerprint density at radius 2 is 1.90 bits per heavy atom. The van der Waals surface area contributed by atoms with E-state index in [1.165, 1.54) is 12.0 Å². The van der Waals surface area contributed by atoms with Gasteiger partial charge in [0, 0.05) is 23.2 Å². The second-order valence-corrected chi connectivity index (χ2v) is 7.65. The van der Waals surface area contributed by atoms with E-state index in [-0.39, 0.29) is 11.8 Å². The van der Waals surface area contributed by atoms with Crippen molar-refractivity contribution in [3.05, 3.63) is 71.9 Å². The third-order valence-electron chi connectivity index (χ3n) is 5.41. The fourth-order valence-corrected chi connectivity index (χ4v) is 3.83. The minimum atomic E-state index is 0.0218. The lowest BCUT2D eigenvalue weighted by Gasteiger charge is -2.19. The van der Waals surface area contributed by atoms with Crippen LogP contribution >= 0.6 is 0 Å². The van der Waals surface area contributed by atoms with Gasteiger partial charge in [-0.05, 0) is 38.0 Å². The number of aromatic nitrogens is 2. The van der Waals surface area contributed by atoms with Gasteiger partial charge in [0.05, 0.1) is 11.9 Å². The second-order valence-electron chi connectivity index (χ2n) is 7.65. The molecule has 3 aromatic rings. The number of rotatable bonds is 5. The largest absolute Gasteiger partial charge is 0.273 e. The van der Waals surface area contributed by atoms with Gasteiger partial charge in [-0.3, -0.25) is 4.79 Å². The number of hydrogen-bond donors (Lipinski definition) is 1. The van der Waals surface area contributed by atoms with Gasteiger partial charge in [-0.2, -0.15) is 10.2 Å². The molecule has 0 unspecified atom stereocenters. The number of nitrogens with zero attached hydrogens (tertiary/aromatic N) is 3. The van der Waals surface area contributed by atoms with Crippen molar-refractivity contribution >= 4 is 12.1 Å². The summed E-state index contributed by atoms with van der Waals surface area (Å²) >= 11 is 0. The summed E-state index contributed by atoms with van der Waals surface area (Å²) < 4.78 is 1.85. The van der Waals surface area contributed by atoms with Crippen molar-refractivity contribution in [3.8, 4) is 16.9 Å². The molecule has 2 aromatic carbocycles. The molecule has 148 valence electrons. The molecular weight excluding hydrogens is 360 g/mol. The van der Waals surface area contributed by atoms with Gasteiger partial charge in [0.2, 0.25) is 5.91 Å². The fourth-order valence-electron chi connectivity index (χ4n) is 3.83. The van der Waals surface area contributed by atoms with E-state index in [4.69, 9.17) is 5.10 Å². The van der Waals surface area contributed by atoms with Crippen LogP contribution in [-0.4, -0.2) is 21.9 Å². The Labute approximate surface area is 171 Å².